The largest absolute Gasteiger partial charge is 0.466 e. The highest BCUT2D eigenvalue weighted by molar-refractivity contribution is 6.03. The van der Waals surface area contributed by atoms with E-state index in [1.54, 1.807) is 87.7 Å². The topological polar surface area (TPSA) is 210 Å². The van der Waals surface area contributed by atoms with E-state index >= 15 is 0 Å². The third-order valence-corrected chi connectivity index (χ3v) is 7.05. The van der Waals surface area contributed by atoms with Crippen molar-refractivity contribution in [2.45, 2.75) is 40.0 Å². The van der Waals surface area contributed by atoms with Crippen LogP contribution in [0.1, 0.15) is 43.5 Å². The summed E-state index contributed by atoms with van der Waals surface area (Å²) in [6.45, 7) is 7.43. The Kier molecular flexibility index (Phi) is 17.6. The second-order valence-electron chi connectivity index (χ2n) is 11.0. The summed E-state index contributed by atoms with van der Waals surface area (Å²) < 4.78 is 11.1. The smallest absolute Gasteiger partial charge is 0.321 e. The van der Waals surface area contributed by atoms with Gasteiger partial charge >= 0.3 is 11.9 Å². The predicted octanol–water partition coefficient (Wildman–Crippen LogP) is 4.80. The fourth-order valence-electron chi connectivity index (χ4n) is 4.68. The Bertz CT molecular complexity index is 2050. The third-order valence-electron chi connectivity index (χ3n) is 7.05. The lowest BCUT2D eigenvalue weighted by molar-refractivity contribution is -0.147. The minimum Gasteiger partial charge on any atom is -0.466 e. The molecule has 0 aliphatic rings. The van der Waals surface area contributed by atoms with Crippen LogP contribution >= 0.6 is 0 Å². The first-order chi connectivity index (χ1) is 26.2. The number of hydrazine groups is 1. The van der Waals surface area contributed by atoms with Crippen LogP contribution in [-0.2, 0) is 30.3 Å². The predicted molar refractivity (Wildman–Crippen MR) is 203 cm³/mol. The van der Waals surface area contributed by atoms with Crippen molar-refractivity contribution in [1.82, 2.24) is 34.7 Å². The number of nitrogens with one attached hydrogen (secondary N) is 2. The lowest BCUT2D eigenvalue weighted by atomic mass is 9.97. The Morgan fingerprint density at radius 2 is 1.44 bits per heavy atom. The number of ether oxygens (including phenoxy) is 2. The number of nitrogen functional groups attached to an aromatic ring is 1. The minimum absolute atomic E-state index is 0.121. The first-order valence-corrected chi connectivity index (χ1v) is 16.8. The first-order valence-electron chi connectivity index (χ1n) is 16.8. The zero-order chi connectivity index (χ0) is 39.1. The molecule has 1 atom stereocenters. The number of aryl methyl sites for hydroxylation is 1. The zero-order valence-electron chi connectivity index (χ0n) is 30.5. The zero-order valence-corrected chi connectivity index (χ0v) is 30.5. The van der Waals surface area contributed by atoms with Crippen LogP contribution in [0.5, 0.6) is 0 Å². The van der Waals surface area contributed by atoms with Gasteiger partial charge in [0.1, 0.15) is 11.7 Å². The van der Waals surface area contributed by atoms with Gasteiger partial charge in [0.05, 0.1) is 37.1 Å². The number of rotatable bonds is 10. The molecule has 54 heavy (non-hydrogen) atoms. The van der Waals surface area contributed by atoms with E-state index in [0.29, 0.717) is 30.0 Å². The van der Waals surface area contributed by atoms with E-state index in [-0.39, 0.29) is 23.9 Å². The molecular weight excluding hydrogens is 690 g/mol. The molecule has 0 aromatic carbocycles. The number of aromatic amines is 1. The van der Waals surface area contributed by atoms with E-state index in [2.05, 4.69) is 35.4 Å². The number of Topliss-reactive ketones (excluding diaryl/α,β-unsaturated/α-hetero) is 1. The van der Waals surface area contributed by atoms with Gasteiger partial charge in [-0.1, -0.05) is 24.3 Å². The molecule has 15 heteroatoms. The van der Waals surface area contributed by atoms with E-state index in [1.807, 2.05) is 49.4 Å². The Hall–Kier alpha value is -6.87. The molecule has 15 nitrogen and oxygen atoms in total. The van der Waals surface area contributed by atoms with Crippen molar-refractivity contribution in [2.75, 3.05) is 18.6 Å². The number of carbonyl (C=O) groups excluding carboxylic acids is 3. The summed E-state index contributed by atoms with van der Waals surface area (Å²) in [4.78, 5) is 66.1. The molecule has 6 aromatic heterocycles. The molecule has 0 bridgehead atoms. The Labute approximate surface area is 312 Å². The average molecular weight is 734 g/mol. The molecule has 4 N–H and O–H groups in total. The van der Waals surface area contributed by atoms with Crippen LogP contribution in [0.4, 0.5) is 5.69 Å². The molecule has 0 aliphatic heterocycles. The molecule has 0 saturated heterocycles. The standard InChI is InChI=1S/C14H12N4O.C11H13NO3.C9H11NO2.C5H7N3/c1-10-13(11-5-4-7-15-9-11)14(19)18(17-10)12-6-2-3-8-16-12;1-3-15-11(14)10(8(2)13)9-5-4-6-12-7-9;1-2-12-9(11)6-8-4-3-5-10-7-8;6-8-5-2-1-3-7-4-5/h2-9,17H,1H3;4-7,10H,3H2,1-2H3;3-5,7H,2,6H2,1H3;1-4,8H,6H2. The summed E-state index contributed by atoms with van der Waals surface area (Å²) in [6.07, 6.45) is 15.1. The quantitative estimate of drug-likeness (QED) is 0.0749. The molecule has 0 amide bonds. The van der Waals surface area contributed by atoms with Gasteiger partial charge in [-0.3, -0.25) is 50.1 Å². The maximum absolute atomic E-state index is 12.5. The fraction of sp³-hybridized carbons (Fsp3) is 0.205. The van der Waals surface area contributed by atoms with Gasteiger partial charge in [-0.25, -0.2) is 9.67 Å². The highest BCUT2D eigenvalue weighted by Crippen LogP contribution is 2.18. The van der Waals surface area contributed by atoms with Gasteiger partial charge in [-0.15, -0.1) is 0 Å². The van der Waals surface area contributed by atoms with Crippen molar-refractivity contribution in [3.05, 3.63) is 150 Å². The van der Waals surface area contributed by atoms with Gasteiger partial charge in [0.25, 0.3) is 5.56 Å². The SMILES string of the molecule is CCOC(=O)C(C(C)=O)c1cccnc1.CCOC(=O)Cc1cccnc1.Cc1[nH]n(-c2ccccn2)c(=O)c1-c1cccnc1.NNc1cccnc1. The number of pyridine rings is 5. The van der Waals surface area contributed by atoms with Gasteiger partial charge in [0, 0.05) is 60.8 Å². The van der Waals surface area contributed by atoms with Crippen molar-refractivity contribution < 1.29 is 23.9 Å². The first kappa shape index (κ1) is 41.5. The van der Waals surface area contributed by atoms with Crippen molar-refractivity contribution >= 4 is 23.4 Å². The van der Waals surface area contributed by atoms with Crippen LogP contribution < -0.4 is 16.8 Å². The van der Waals surface area contributed by atoms with Crippen LogP contribution in [0.3, 0.4) is 0 Å². The number of hydrogen-bond acceptors (Lipinski definition) is 13. The fourth-order valence-corrected chi connectivity index (χ4v) is 4.68. The van der Waals surface area contributed by atoms with Crippen LogP contribution in [0.15, 0.2) is 127 Å². The number of nitrogens with two attached hydrogens (primary N) is 1. The Morgan fingerprint density at radius 1 is 0.796 bits per heavy atom. The van der Waals surface area contributed by atoms with Gasteiger partial charge in [0.2, 0.25) is 0 Å². The van der Waals surface area contributed by atoms with E-state index in [0.717, 1.165) is 22.5 Å². The molecule has 6 rings (SSSR count). The third kappa shape index (κ3) is 13.4. The van der Waals surface area contributed by atoms with Crippen molar-refractivity contribution in [2.24, 2.45) is 5.84 Å². The number of H-pyrrole nitrogens is 1. The highest BCUT2D eigenvalue weighted by Gasteiger charge is 2.26. The minimum atomic E-state index is -0.848. The molecule has 0 spiro atoms. The molecule has 280 valence electrons. The van der Waals surface area contributed by atoms with Crippen molar-refractivity contribution in [1.29, 1.82) is 0 Å². The number of hydrogen-bond donors (Lipinski definition) is 3. The van der Waals surface area contributed by atoms with Crippen molar-refractivity contribution in [3.8, 4) is 16.9 Å². The van der Waals surface area contributed by atoms with Crippen LogP contribution in [0.2, 0.25) is 0 Å². The number of carbonyl (C=O) groups is 3. The number of ketones is 1. The van der Waals surface area contributed by atoms with Gasteiger partial charge in [-0.05, 0) is 81.3 Å². The summed E-state index contributed by atoms with van der Waals surface area (Å²) in [7, 11) is 0. The summed E-state index contributed by atoms with van der Waals surface area (Å²) in [5, 5.41) is 3.04. The summed E-state index contributed by atoms with van der Waals surface area (Å²) in [5.74, 6) is 3.83. The molecule has 0 fully saturated rings. The molecule has 0 aliphatic carbocycles. The maximum Gasteiger partial charge on any atom is 0.321 e. The van der Waals surface area contributed by atoms with E-state index in [9.17, 15) is 19.2 Å². The van der Waals surface area contributed by atoms with Crippen molar-refractivity contribution in [3.63, 3.8) is 0 Å². The molecule has 0 radical (unpaired) electrons. The summed E-state index contributed by atoms with van der Waals surface area (Å²) in [5.41, 5.74) is 6.85. The van der Waals surface area contributed by atoms with Gasteiger partial charge in [0.15, 0.2) is 5.82 Å². The monoisotopic (exact) mass is 733 g/mol. The maximum atomic E-state index is 12.5. The Balaban J connectivity index is 0.000000202. The van der Waals surface area contributed by atoms with E-state index in [1.165, 1.54) is 17.8 Å². The number of anilines is 1. The molecule has 6 aromatic rings. The second-order valence-corrected chi connectivity index (χ2v) is 11.0. The van der Waals surface area contributed by atoms with Gasteiger partial charge in [-0.2, -0.15) is 0 Å². The number of nitrogens with zero attached hydrogens (tertiary/aromatic N) is 6. The van der Waals surface area contributed by atoms with Crippen LogP contribution in [0.25, 0.3) is 16.9 Å². The lowest BCUT2D eigenvalue weighted by Crippen LogP contribution is -2.22. The number of esters is 2. The average Bonchev–Trinajstić information content (AvgIpc) is 3.50. The molecule has 1 unspecified atom stereocenters. The summed E-state index contributed by atoms with van der Waals surface area (Å²) >= 11 is 0. The van der Waals surface area contributed by atoms with Crippen LogP contribution in [0, 0.1) is 6.92 Å². The lowest BCUT2D eigenvalue weighted by Gasteiger charge is -2.11. The molecule has 0 saturated carbocycles. The number of aromatic nitrogens is 7. The molecular formula is C39H43N9O6. The normalized spacial score (nSPS) is 10.4. The van der Waals surface area contributed by atoms with E-state index < -0.39 is 11.9 Å². The summed E-state index contributed by atoms with van der Waals surface area (Å²) in [6, 6.07) is 19.8. The highest BCUT2D eigenvalue weighted by atomic mass is 16.5. The Morgan fingerprint density at radius 3 is 1.94 bits per heavy atom. The molecule has 6 heterocycles. The van der Waals surface area contributed by atoms with E-state index in [4.69, 9.17) is 15.3 Å². The van der Waals surface area contributed by atoms with Crippen LogP contribution in [-0.4, -0.2) is 65.6 Å². The van der Waals surface area contributed by atoms with Gasteiger partial charge < -0.3 is 14.9 Å². The second kappa shape index (κ2) is 22.8.